The highest BCUT2D eigenvalue weighted by Gasteiger charge is 2.17. The number of likely N-dealkylation sites (N-methyl/N-ethyl adjacent to an activating group) is 1. The van der Waals surface area contributed by atoms with Gasteiger partial charge in [0.1, 0.15) is 5.82 Å². The maximum atomic E-state index is 13.7. The minimum absolute atomic E-state index is 0.0526. The van der Waals surface area contributed by atoms with Gasteiger partial charge in [-0.25, -0.2) is 9.18 Å². The molecule has 2 aromatic carbocycles. The van der Waals surface area contributed by atoms with E-state index in [1.165, 1.54) is 18.0 Å². The van der Waals surface area contributed by atoms with Crippen LogP contribution in [0.15, 0.2) is 59.4 Å². The SMILES string of the molecule is CN(Cc1ccccc1F)C(=O)COC(=O)c1cc(=O)[nH]c2ccccc12. The van der Waals surface area contributed by atoms with Crippen LogP contribution in [0.4, 0.5) is 4.39 Å². The molecule has 0 spiro atoms. The van der Waals surface area contributed by atoms with Crippen LogP contribution in [0, 0.1) is 5.82 Å². The summed E-state index contributed by atoms with van der Waals surface area (Å²) in [6, 6.07) is 14.1. The molecule has 0 bridgehead atoms. The number of carbonyl (C=O) groups excluding carboxylic acids is 2. The topological polar surface area (TPSA) is 79.5 Å². The van der Waals surface area contributed by atoms with E-state index in [0.717, 1.165) is 6.07 Å². The van der Waals surface area contributed by atoms with Gasteiger partial charge >= 0.3 is 5.97 Å². The molecule has 0 saturated heterocycles. The van der Waals surface area contributed by atoms with Crippen molar-refractivity contribution in [3.8, 4) is 0 Å². The molecule has 0 unspecified atom stereocenters. The highest BCUT2D eigenvalue weighted by atomic mass is 19.1. The van der Waals surface area contributed by atoms with Gasteiger partial charge in [0.05, 0.1) is 5.56 Å². The lowest BCUT2D eigenvalue weighted by Crippen LogP contribution is -2.31. The molecule has 1 N–H and O–H groups in total. The van der Waals surface area contributed by atoms with Crippen LogP contribution < -0.4 is 5.56 Å². The number of fused-ring (bicyclic) bond motifs is 1. The zero-order valence-electron chi connectivity index (χ0n) is 14.6. The zero-order chi connectivity index (χ0) is 19.4. The largest absolute Gasteiger partial charge is 0.452 e. The monoisotopic (exact) mass is 368 g/mol. The molecule has 0 fully saturated rings. The van der Waals surface area contributed by atoms with Crippen molar-refractivity contribution in [2.45, 2.75) is 6.54 Å². The Morgan fingerprint density at radius 2 is 1.81 bits per heavy atom. The quantitative estimate of drug-likeness (QED) is 0.702. The molecular formula is C20H17FN2O4. The number of hydrogen-bond acceptors (Lipinski definition) is 4. The molecule has 0 aliphatic carbocycles. The fraction of sp³-hybridized carbons (Fsp3) is 0.150. The van der Waals surface area contributed by atoms with Gasteiger partial charge < -0.3 is 14.6 Å². The number of amides is 1. The molecule has 3 aromatic rings. The van der Waals surface area contributed by atoms with Crippen molar-refractivity contribution >= 4 is 22.8 Å². The number of benzene rings is 2. The second kappa shape index (κ2) is 7.82. The molecule has 0 aliphatic rings. The van der Waals surface area contributed by atoms with Gasteiger partial charge in [-0.3, -0.25) is 9.59 Å². The second-order valence-electron chi connectivity index (χ2n) is 6.01. The summed E-state index contributed by atoms with van der Waals surface area (Å²) in [5.41, 5.74) is 0.503. The number of carbonyl (C=O) groups is 2. The average molecular weight is 368 g/mol. The van der Waals surface area contributed by atoms with Gasteiger partial charge in [0, 0.05) is 36.1 Å². The number of ether oxygens (including phenoxy) is 1. The Labute approximate surface area is 154 Å². The Balaban J connectivity index is 1.68. The smallest absolute Gasteiger partial charge is 0.339 e. The summed E-state index contributed by atoms with van der Waals surface area (Å²) in [6.07, 6.45) is 0. The van der Waals surface area contributed by atoms with Crippen molar-refractivity contribution in [1.82, 2.24) is 9.88 Å². The van der Waals surface area contributed by atoms with Crippen LogP contribution in [-0.2, 0) is 16.1 Å². The molecule has 0 radical (unpaired) electrons. The van der Waals surface area contributed by atoms with Crippen molar-refractivity contribution in [1.29, 1.82) is 0 Å². The number of pyridine rings is 1. The molecule has 1 heterocycles. The summed E-state index contributed by atoms with van der Waals surface area (Å²) in [4.78, 5) is 40.1. The number of rotatable bonds is 5. The minimum Gasteiger partial charge on any atom is -0.452 e. The molecule has 1 aromatic heterocycles. The molecule has 27 heavy (non-hydrogen) atoms. The molecule has 1 amide bonds. The fourth-order valence-corrected chi connectivity index (χ4v) is 2.66. The maximum absolute atomic E-state index is 13.7. The van der Waals surface area contributed by atoms with Gasteiger partial charge in [0.25, 0.3) is 5.91 Å². The van der Waals surface area contributed by atoms with Crippen LogP contribution in [0.3, 0.4) is 0 Å². The number of nitrogens with one attached hydrogen (secondary N) is 1. The third-order valence-electron chi connectivity index (χ3n) is 4.09. The van der Waals surface area contributed by atoms with Crippen LogP contribution in [0.1, 0.15) is 15.9 Å². The Bertz CT molecular complexity index is 1060. The summed E-state index contributed by atoms with van der Waals surface area (Å²) in [5.74, 6) is -1.67. The van der Waals surface area contributed by atoms with E-state index in [4.69, 9.17) is 4.74 Å². The van der Waals surface area contributed by atoms with Crippen LogP contribution in [0.5, 0.6) is 0 Å². The summed E-state index contributed by atoms with van der Waals surface area (Å²) >= 11 is 0. The predicted molar refractivity (Wildman–Crippen MR) is 97.7 cm³/mol. The molecule has 3 rings (SSSR count). The molecule has 7 heteroatoms. The first-order chi connectivity index (χ1) is 13.0. The highest BCUT2D eigenvalue weighted by Crippen LogP contribution is 2.15. The molecule has 6 nitrogen and oxygen atoms in total. The Morgan fingerprint density at radius 1 is 1.11 bits per heavy atom. The minimum atomic E-state index is -0.773. The summed E-state index contributed by atoms with van der Waals surface area (Å²) in [7, 11) is 1.49. The van der Waals surface area contributed by atoms with Gasteiger partial charge in [-0.1, -0.05) is 36.4 Å². The second-order valence-corrected chi connectivity index (χ2v) is 6.01. The maximum Gasteiger partial charge on any atom is 0.339 e. The lowest BCUT2D eigenvalue weighted by atomic mass is 10.1. The van der Waals surface area contributed by atoms with E-state index in [-0.39, 0.29) is 12.1 Å². The highest BCUT2D eigenvalue weighted by molar-refractivity contribution is 6.03. The van der Waals surface area contributed by atoms with Crippen LogP contribution >= 0.6 is 0 Å². The summed E-state index contributed by atoms with van der Waals surface area (Å²) in [6.45, 7) is -0.456. The lowest BCUT2D eigenvalue weighted by molar-refractivity contribution is -0.133. The van der Waals surface area contributed by atoms with Crippen molar-refractivity contribution in [3.05, 3.63) is 81.9 Å². The average Bonchev–Trinajstić information content (AvgIpc) is 2.66. The number of aromatic amines is 1. The Morgan fingerprint density at radius 3 is 2.59 bits per heavy atom. The molecule has 138 valence electrons. The molecule has 0 aliphatic heterocycles. The van der Waals surface area contributed by atoms with Crippen molar-refractivity contribution in [2.24, 2.45) is 0 Å². The third kappa shape index (κ3) is 4.20. The number of H-pyrrole nitrogens is 1. The van der Waals surface area contributed by atoms with Gasteiger partial charge in [0.2, 0.25) is 5.56 Å². The van der Waals surface area contributed by atoms with Crippen LogP contribution in [0.2, 0.25) is 0 Å². The van der Waals surface area contributed by atoms with Gasteiger partial charge in [0.15, 0.2) is 6.61 Å². The van der Waals surface area contributed by atoms with E-state index >= 15 is 0 Å². The number of aromatic nitrogens is 1. The van der Waals surface area contributed by atoms with E-state index in [2.05, 4.69) is 4.98 Å². The van der Waals surface area contributed by atoms with Crippen LogP contribution in [0.25, 0.3) is 10.9 Å². The first-order valence-electron chi connectivity index (χ1n) is 8.22. The van der Waals surface area contributed by atoms with E-state index in [9.17, 15) is 18.8 Å². The number of esters is 1. The Kier molecular flexibility index (Phi) is 5.30. The standard InChI is InChI=1S/C20H17FN2O4/c1-23(11-13-6-2-4-8-16(13)21)19(25)12-27-20(26)15-10-18(24)22-17-9-5-3-7-14(15)17/h2-10H,11-12H2,1H3,(H,22,24). The van der Waals surface area contributed by atoms with Crippen molar-refractivity contribution < 1.29 is 18.7 Å². The van der Waals surface area contributed by atoms with E-state index in [1.807, 2.05) is 0 Å². The summed E-state index contributed by atoms with van der Waals surface area (Å²) in [5, 5.41) is 0.522. The third-order valence-corrected chi connectivity index (χ3v) is 4.09. The van der Waals surface area contributed by atoms with E-state index in [1.54, 1.807) is 42.5 Å². The van der Waals surface area contributed by atoms with Gasteiger partial charge in [-0.2, -0.15) is 0 Å². The normalized spacial score (nSPS) is 10.6. The molecule has 0 atom stereocenters. The van der Waals surface area contributed by atoms with Crippen LogP contribution in [-0.4, -0.2) is 35.4 Å². The lowest BCUT2D eigenvalue weighted by Gasteiger charge is -2.17. The van der Waals surface area contributed by atoms with Crippen molar-refractivity contribution in [2.75, 3.05) is 13.7 Å². The number of nitrogens with zero attached hydrogens (tertiary/aromatic N) is 1. The van der Waals surface area contributed by atoms with Gasteiger partial charge in [-0.05, 0) is 12.1 Å². The summed E-state index contributed by atoms with van der Waals surface area (Å²) < 4.78 is 18.7. The number of para-hydroxylation sites is 1. The first-order valence-corrected chi connectivity index (χ1v) is 8.22. The number of hydrogen-bond donors (Lipinski definition) is 1. The van der Waals surface area contributed by atoms with E-state index < -0.39 is 29.9 Å². The van der Waals surface area contributed by atoms with Gasteiger partial charge in [-0.15, -0.1) is 0 Å². The zero-order valence-corrected chi connectivity index (χ0v) is 14.6. The van der Waals surface area contributed by atoms with E-state index in [0.29, 0.717) is 16.5 Å². The first kappa shape index (κ1) is 18.3. The predicted octanol–water partition coefficient (Wildman–Crippen LogP) is 2.48. The van der Waals surface area contributed by atoms with Crippen molar-refractivity contribution in [3.63, 3.8) is 0 Å². The Hall–Kier alpha value is -3.48. The fourth-order valence-electron chi connectivity index (χ4n) is 2.66. The number of halogens is 1. The molecule has 0 saturated carbocycles. The molecular weight excluding hydrogens is 351 g/mol.